The van der Waals surface area contributed by atoms with Crippen molar-refractivity contribution < 1.29 is 18.0 Å². The Morgan fingerprint density at radius 3 is 2.28 bits per heavy atom. The number of aromatic nitrogens is 2. The van der Waals surface area contributed by atoms with Crippen molar-refractivity contribution in [3.63, 3.8) is 0 Å². The fourth-order valence-corrected chi connectivity index (χ4v) is 3.90. The van der Waals surface area contributed by atoms with Gasteiger partial charge in [0.1, 0.15) is 0 Å². The van der Waals surface area contributed by atoms with E-state index in [-0.39, 0.29) is 17.0 Å². The van der Waals surface area contributed by atoms with Crippen LogP contribution in [0.4, 0.5) is 18.9 Å². The van der Waals surface area contributed by atoms with Crippen molar-refractivity contribution in [1.29, 1.82) is 0 Å². The largest absolute Gasteiger partial charge is 0.416 e. The molecule has 0 radical (unpaired) electrons. The van der Waals surface area contributed by atoms with Crippen molar-refractivity contribution in [2.24, 2.45) is 0 Å². The van der Waals surface area contributed by atoms with Crippen LogP contribution in [0.5, 0.6) is 0 Å². The Kier molecular flexibility index (Phi) is 6.00. The van der Waals surface area contributed by atoms with Crippen molar-refractivity contribution in [3.8, 4) is 5.69 Å². The molecule has 3 aromatic carbocycles. The highest BCUT2D eigenvalue weighted by atomic mass is 32.2. The summed E-state index contributed by atoms with van der Waals surface area (Å²) in [5.41, 5.74) is 0.316. The van der Waals surface area contributed by atoms with E-state index in [1.54, 1.807) is 48.5 Å². The highest BCUT2D eigenvalue weighted by Gasteiger charge is 2.30. The van der Waals surface area contributed by atoms with Gasteiger partial charge in [-0.25, -0.2) is 4.98 Å². The van der Waals surface area contributed by atoms with Gasteiger partial charge in [-0.2, -0.15) is 13.2 Å². The number of carbonyl (C=O) groups is 1. The Balaban J connectivity index is 1.57. The van der Waals surface area contributed by atoms with Gasteiger partial charge >= 0.3 is 6.18 Å². The van der Waals surface area contributed by atoms with Crippen LogP contribution in [0.3, 0.4) is 0 Å². The number of benzene rings is 3. The molecule has 0 aliphatic rings. The molecule has 4 aromatic rings. The molecule has 5 nitrogen and oxygen atoms in total. The Bertz CT molecular complexity index is 1320. The molecule has 1 N–H and O–H groups in total. The fraction of sp³-hybridized carbons (Fsp3) is 0.0870. The van der Waals surface area contributed by atoms with Crippen molar-refractivity contribution in [2.75, 3.05) is 11.1 Å². The number of amides is 1. The number of nitrogens with one attached hydrogen (secondary N) is 1. The lowest BCUT2D eigenvalue weighted by molar-refractivity contribution is -0.137. The maximum atomic E-state index is 13.1. The number of halogens is 3. The van der Waals surface area contributed by atoms with Gasteiger partial charge in [0.2, 0.25) is 5.91 Å². The summed E-state index contributed by atoms with van der Waals surface area (Å²) < 4.78 is 39.5. The predicted molar refractivity (Wildman–Crippen MR) is 118 cm³/mol. The van der Waals surface area contributed by atoms with E-state index < -0.39 is 17.6 Å². The molecule has 0 saturated heterocycles. The van der Waals surface area contributed by atoms with Crippen LogP contribution in [0.1, 0.15) is 5.56 Å². The normalized spacial score (nSPS) is 11.5. The van der Waals surface area contributed by atoms with E-state index in [9.17, 15) is 22.8 Å². The molecule has 32 heavy (non-hydrogen) atoms. The number of fused-ring (bicyclic) bond motifs is 1. The lowest BCUT2D eigenvalue weighted by atomic mass is 10.2. The van der Waals surface area contributed by atoms with Crippen LogP contribution in [0.2, 0.25) is 0 Å². The first-order valence-corrected chi connectivity index (χ1v) is 10.5. The van der Waals surface area contributed by atoms with Crippen molar-refractivity contribution >= 4 is 34.3 Å². The number of anilines is 1. The topological polar surface area (TPSA) is 64.0 Å². The van der Waals surface area contributed by atoms with Crippen LogP contribution in [0.15, 0.2) is 88.8 Å². The second-order valence-corrected chi connectivity index (χ2v) is 7.74. The average Bonchev–Trinajstić information content (AvgIpc) is 2.78. The minimum atomic E-state index is -4.44. The first-order chi connectivity index (χ1) is 15.3. The minimum Gasteiger partial charge on any atom is -0.325 e. The lowest BCUT2D eigenvalue weighted by Gasteiger charge is -2.13. The van der Waals surface area contributed by atoms with E-state index in [1.165, 1.54) is 16.7 Å². The SMILES string of the molecule is O=C(CSc1nc2ccccc2c(=O)n1-c1ccccc1)Nc1ccc(C(F)(F)F)cc1. The number of hydrogen-bond acceptors (Lipinski definition) is 4. The van der Waals surface area contributed by atoms with Gasteiger partial charge in [0, 0.05) is 5.69 Å². The molecule has 4 rings (SSSR count). The highest BCUT2D eigenvalue weighted by Crippen LogP contribution is 2.30. The molecule has 0 atom stereocenters. The van der Waals surface area contributed by atoms with E-state index in [1.807, 2.05) is 6.07 Å². The first-order valence-electron chi connectivity index (χ1n) is 9.50. The van der Waals surface area contributed by atoms with E-state index in [0.29, 0.717) is 21.7 Å². The number of para-hydroxylation sites is 2. The molecule has 0 unspecified atom stereocenters. The zero-order chi connectivity index (χ0) is 22.7. The molecule has 0 fully saturated rings. The van der Waals surface area contributed by atoms with Crippen LogP contribution in [0.25, 0.3) is 16.6 Å². The maximum absolute atomic E-state index is 13.1. The molecule has 0 spiro atoms. The Morgan fingerprint density at radius 2 is 1.59 bits per heavy atom. The standard InChI is InChI=1S/C23H16F3N3O2S/c24-23(25,26)15-10-12-16(13-11-15)27-20(30)14-32-22-28-19-9-5-4-8-18(19)21(31)29(22)17-6-2-1-3-7-17/h1-13H,14H2,(H,27,30). The van der Waals surface area contributed by atoms with Crippen LogP contribution >= 0.6 is 11.8 Å². The van der Waals surface area contributed by atoms with Crippen molar-refractivity contribution in [2.45, 2.75) is 11.3 Å². The minimum absolute atomic E-state index is 0.0847. The van der Waals surface area contributed by atoms with Gasteiger partial charge in [0.25, 0.3) is 5.56 Å². The number of alkyl halides is 3. The van der Waals surface area contributed by atoms with Gasteiger partial charge in [-0.15, -0.1) is 0 Å². The summed E-state index contributed by atoms with van der Waals surface area (Å²) in [7, 11) is 0. The first kappa shape index (κ1) is 21.6. The van der Waals surface area contributed by atoms with Crippen molar-refractivity contribution in [3.05, 3.63) is 94.8 Å². The number of nitrogens with zero attached hydrogens (tertiary/aromatic N) is 2. The van der Waals surface area contributed by atoms with Crippen LogP contribution in [0, 0.1) is 0 Å². The summed E-state index contributed by atoms with van der Waals surface area (Å²) in [5.74, 6) is -0.518. The summed E-state index contributed by atoms with van der Waals surface area (Å²) in [6.07, 6.45) is -4.44. The average molecular weight is 455 g/mol. The van der Waals surface area contributed by atoms with Gasteiger partial charge in [-0.3, -0.25) is 14.2 Å². The van der Waals surface area contributed by atoms with Gasteiger partial charge in [0.05, 0.1) is 27.9 Å². The summed E-state index contributed by atoms with van der Waals surface area (Å²) in [6, 6.07) is 20.1. The quantitative estimate of drug-likeness (QED) is 0.335. The molecule has 0 aliphatic carbocycles. The van der Waals surface area contributed by atoms with Gasteiger partial charge in [-0.1, -0.05) is 42.1 Å². The number of carbonyl (C=O) groups excluding carboxylic acids is 1. The Labute approximate surface area is 184 Å². The Hall–Kier alpha value is -3.59. The van der Waals surface area contributed by atoms with Gasteiger partial charge < -0.3 is 5.32 Å². The van der Waals surface area contributed by atoms with Gasteiger partial charge in [0.15, 0.2) is 5.16 Å². The summed E-state index contributed by atoms with van der Waals surface area (Å²) in [5, 5.41) is 3.35. The molecule has 0 bridgehead atoms. The lowest BCUT2D eigenvalue weighted by Crippen LogP contribution is -2.22. The molecule has 0 aliphatic heterocycles. The van der Waals surface area contributed by atoms with E-state index in [0.717, 1.165) is 23.9 Å². The zero-order valence-electron chi connectivity index (χ0n) is 16.5. The predicted octanol–water partition coefficient (Wildman–Crippen LogP) is 5.14. The fourth-order valence-electron chi connectivity index (χ4n) is 3.08. The molecule has 1 amide bonds. The molecule has 162 valence electrons. The molecule has 9 heteroatoms. The second kappa shape index (κ2) is 8.88. The van der Waals surface area contributed by atoms with E-state index >= 15 is 0 Å². The maximum Gasteiger partial charge on any atom is 0.416 e. The van der Waals surface area contributed by atoms with Gasteiger partial charge in [-0.05, 0) is 48.5 Å². The van der Waals surface area contributed by atoms with E-state index in [4.69, 9.17) is 0 Å². The zero-order valence-corrected chi connectivity index (χ0v) is 17.3. The third-order valence-corrected chi connectivity index (χ3v) is 5.53. The molecular weight excluding hydrogens is 439 g/mol. The monoisotopic (exact) mass is 455 g/mol. The smallest absolute Gasteiger partial charge is 0.325 e. The van der Waals surface area contributed by atoms with Crippen LogP contribution in [-0.4, -0.2) is 21.2 Å². The number of hydrogen-bond donors (Lipinski definition) is 1. The van der Waals surface area contributed by atoms with Crippen LogP contribution in [-0.2, 0) is 11.0 Å². The van der Waals surface area contributed by atoms with E-state index in [2.05, 4.69) is 10.3 Å². The van der Waals surface area contributed by atoms with Crippen molar-refractivity contribution in [1.82, 2.24) is 9.55 Å². The summed E-state index contributed by atoms with van der Waals surface area (Å²) >= 11 is 1.07. The highest BCUT2D eigenvalue weighted by molar-refractivity contribution is 7.99. The summed E-state index contributed by atoms with van der Waals surface area (Å²) in [6.45, 7) is 0. The number of rotatable bonds is 5. The summed E-state index contributed by atoms with van der Waals surface area (Å²) in [4.78, 5) is 30.1. The third-order valence-electron chi connectivity index (χ3n) is 4.59. The second-order valence-electron chi connectivity index (χ2n) is 6.80. The third kappa shape index (κ3) is 4.67. The van der Waals surface area contributed by atoms with Crippen LogP contribution < -0.4 is 10.9 Å². The molecule has 1 heterocycles. The molecule has 0 saturated carbocycles. The molecular formula is C23H16F3N3O2S. The Morgan fingerprint density at radius 1 is 0.938 bits per heavy atom. The number of thioether (sulfide) groups is 1. The molecule has 1 aromatic heterocycles.